The molecule has 0 saturated heterocycles. The number of halogens is 3. The Hall–Kier alpha value is -0.990. The van der Waals surface area contributed by atoms with Crippen molar-refractivity contribution in [2.75, 3.05) is 0 Å². The van der Waals surface area contributed by atoms with Gasteiger partial charge in [-0.15, -0.1) is 0 Å². The highest BCUT2D eigenvalue weighted by Crippen LogP contribution is 2.49. The third-order valence-corrected chi connectivity index (χ3v) is 3.08. The first-order valence-corrected chi connectivity index (χ1v) is 5.08. The van der Waals surface area contributed by atoms with Crippen LogP contribution >= 0.6 is 0 Å². The summed E-state index contributed by atoms with van der Waals surface area (Å²) >= 11 is 0. The van der Waals surface area contributed by atoms with Gasteiger partial charge >= 0.3 is 0 Å². The molecule has 0 nitrogen and oxygen atoms in total. The summed E-state index contributed by atoms with van der Waals surface area (Å²) in [7, 11) is 0. The van der Waals surface area contributed by atoms with Crippen molar-refractivity contribution in [3.8, 4) is 0 Å². The maximum atomic E-state index is 13.7. The molecule has 0 spiro atoms. The second-order valence-corrected chi connectivity index (χ2v) is 4.30. The number of hydrogen-bond donors (Lipinski definition) is 0. The molecule has 15 heavy (non-hydrogen) atoms. The molecule has 1 aromatic rings. The number of aryl methyl sites for hydroxylation is 1. The van der Waals surface area contributed by atoms with Gasteiger partial charge in [0, 0.05) is 11.5 Å². The molecule has 2 rings (SSSR count). The Bertz CT molecular complexity index is 369. The van der Waals surface area contributed by atoms with Crippen molar-refractivity contribution in [1.29, 1.82) is 0 Å². The molecule has 0 atom stereocenters. The maximum absolute atomic E-state index is 13.7. The number of hydrogen-bond acceptors (Lipinski definition) is 0. The molecule has 0 radical (unpaired) electrons. The van der Waals surface area contributed by atoms with Gasteiger partial charge in [0.25, 0.3) is 5.92 Å². The fourth-order valence-electron chi connectivity index (χ4n) is 1.69. The predicted molar refractivity (Wildman–Crippen MR) is 52.5 cm³/mol. The molecule has 0 amide bonds. The van der Waals surface area contributed by atoms with Crippen LogP contribution in [0.25, 0.3) is 0 Å². The van der Waals surface area contributed by atoms with Crippen LogP contribution in [-0.2, 0) is 5.92 Å². The van der Waals surface area contributed by atoms with Crippen molar-refractivity contribution in [3.63, 3.8) is 0 Å². The highest BCUT2D eigenvalue weighted by atomic mass is 19.3. The Kier molecular flexibility index (Phi) is 2.28. The molecule has 1 saturated carbocycles. The fraction of sp³-hybridized carbons (Fsp3) is 0.500. The van der Waals surface area contributed by atoms with Crippen LogP contribution < -0.4 is 0 Å². The van der Waals surface area contributed by atoms with Gasteiger partial charge in [-0.05, 0) is 49.9 Å². The van der Waals surface area contributed by atoms with Crippen LogP contribution in [-0.4, -0.2) is 0 Å². The average Bonchev–Trinajstić information content (AvgIpc) is 2.96. The summed E-state index contributed by atoms with van der Waals surface area (Å²) in [6.45, 7) is 3.26. The minimum Gasteiger partial charge on any atom is -0.207 e. The molecule has 0 bridgehead atoms. The van der Waals surface area contributed by atoms with Gasteiger partial charge in [0.05, 0.1) is 0 Å². The molecule has 0 heterocycles. The summed E-state index contributed by atoms with van der Waals surface area (Å²) in [6, 6.07) is 2.37. The minimum atomic E-state index is -2.86. The van der Waals surface area contributed by atoms with Crippen molar-refractivity contribution in [3.05, 3.63) is 34.6 Å². The van der Waals surface area contributed by atoms with Gasteiger partial charge in [-0.2, -0.15) is 0 Å². The van der Waals surface area contributed by atoms with E-state index in [0.717, 1.165) is 6.07 Å². The number of benzene rings is 1. The molecule has 1 aliphatic carbocycles. The molecule has 3 heteroatoms. The predicted octanol–water partition coefficient (Wildman–Crippen LogP) is 3.94. The minimum absolute atomic E-state index is 0.175. The maximum Gasteiger partial charge on any atom is 0.276 e. The van der Waals surface area contributed by atoms with E-state index in [1.54, 1.807) is 13.8 Å². The normalized spacial score (nSPS) is 16.9. The van der Waals surface area contributed by atoms with Gasteiger partial charge < -0.3 is 0 Å². The lowest BCUT2D eigenvalue weighted by atomic mass is 9.99. The Labute approximate surface area is 87.1 Å². The van der Waals surface area contributed by atoms with E-state index >= 15 is 0 Å². The highest BCUT2D eigenvalue weighted by molar-refractivity contribution is 5.34. The highest BCUT2D eigenvalue weighted by Gasteiger charge is 2.48. The van der Waals surface area contributed by atoms with Crippen molar-refractivity contribution in [2.24, 2.45) is 5.92 Å². The van der Waals surface area contributed by atoms with E-state index in [2.05, 4.69) is 0 Å². The number of alkyl halides is 2. The quantitative estimate of drug-likeness (QED) is 0.699. The van der Waals surface area contributed by atoms with Gasteiger partial charge in [-0.25, -0.2) is 13.2 Å². The molecule has 1 aromatic carbocycles. The zero-order chi connectivity index (χ0) is 11.2. The van der Waals surface area contributed by atoms with E-state index in [1.165, 1.54) is 6.07 Å². The van der Waals surface area contributed by atoms with Crippen LogP contribution in [0.3, 0.4) is 0 Å². The zero-order valence-corrected chi connectivity index (χ0v) is 8.78. The number of rotatable bonds is 2. The molecule has 0 unspecified atom stereocenters. The first-order chi connectivity index (χ1) is 6.93. The van der Waals surface area contributed by atoms with Crippen molar-refractivity contribution >= 4 is 0 Å². The average molecular weight is 214 g/mol. The molecule has 0 aliphatic heterocycles. The molecule has 0 N–H and O–H groups in total. The van der Waals surface area contributed by atoms with Crippen LogP contribution in [0.15, 0.2) is 12.1 Å². The Morgan fingerprint density at radius 1 is 1.20 bits per heavy atom. The summed E-state index contributed by atoms with van der Waals surface area (Å²) in [5.74, 6) is -3.98. The van der Waals surface area contributed by atoms with Gasteiger partial charge in [-0.1, -0.05) is 0 Å². The lowest BCUT2D eigenvalue weighted by Gasteiger charge is -2.17. The second-order valence-electron chi connectivity index (χ2n) is 4.30. The van der Waals surface area contributed by atoms with Crippen LogP contribution in [0.2, 0.25) is 0 Å². The van der Waals surface area contributed by atoms with E-state index in [1.807, 2.05) is 0 Å². The lowest BCUT2D eigenvalue weighted by molar-refractivity contribution is -0.0288. The van der Waals surface area contributed by atoms with Gasteiger partial charge in [0.15, 0.2) is 0 Å². The van der Waals surface area contributed by atoms with E-state index < -0.39 is 17.7 Å². The fourth-order valence-corrected chi connectivity index (χ4v) is 1.69. The van der Waals surface area contributed by atoms with Crippen LogP contribution in [0.5, 0.6) is 0 Å². The van der Waals surface area contributed by atoms with E-state index in [9.17, 15) is 13.2 Å². The Balaban J connectivity index is 2.44. The summed E-state index contributed by atoms with van der Waals surface area (Å²) in [5.41, 5.74) is 0.862. The molecule has 1 aliphatic rings. The molecule has 0 aromatic heterocycles. The van der Waals surface area contributed by atoms with Crippen molar-refractivity contribution < 1.29 is 13.2 Å². The summed E-state index contributed by atoms with van der Waals surface area (Å²) in [4.78, 5) is 0. The van der Waals surface area contributed by atoms with Crippen LogP contribution in [0, 0.1) is 25.6 Å². The van der Waals surface area contributed by atoms with Crippen LogP contribution in [0.1, 0.15) is 29.5 Å². The zero-order valence-electron chi connectivity index (χ0n) is 8.78. The smallest absolute Gasteiger partial charge is 0.207 e. The third-order valence-electron chi connectivity index (χ3n) is 3.08. The molecule has 82 valence electrons. The largest absolute Gasteiger partial charge is 0.276 e. The molecular weight excluding hydrogens is 201 g/mol. The first-order valence-electron chi connectivity index (χ1n) is 5.08. The van der Waals surface area contributed by atoms with E-state index in [0.29, 0.717) is 24.0 Å². The molecule has 1 fully saturated rings. The van der Waals surface area contributed by atoms with E-state index in [-0.39, 0.29) is 5.56 Å². The monoisotopic (exact) mass is 214 g/mol. The SMILES string of the molecule is Cc1cc(C(F)(F)C2CC2)cc(F)c1C. The van der Waals surface area contributed by atoms with Gasteiger partial charge in [0.2, 0.25) is 0 Å². The van der Waals surface area contributed by atoms with Gasteiger partial charge in [-0.3, -0.25) is 0 Å². The molecular formula is C12H13F3. The first kappa shape index (κ1) is 10.5. The van der Waals surface area contributed by atoms with Crippen molar-refractivity contribution in [2.45, 2.75) is 32.6 Å². The topological polar surface area (TPSA) is 0 Å². The van der Waals surface area contributed by atoms with E-state index in [4.69, 9.17) is 0 Å². The lowest BCUT2D eigenvalue weighted by Crippen LogP contribution is -2.16. The Morgan fingerprint density at radius 2 is 1.80 bits per heavy atom. The van der Waals surface area contributed by atoms with Crippen LogP contribution in [0.4, 0.5) is 13.2 Å². The summed E-state index contributed by atoms with van der Waals surface area (Å²) in [6.07, 6.45) is 1.09. The summed E-state index contributed by atoms with van der Waals surface area (Å²) in [5, 5.41) is 0. The van der Waals surface area contributed by atoms with Gasteiger partial charge in [0.1, 0.15) is 5.82 Å². The third kappa shape index (κ3) is 1.75. The second kappa shape index (κ2) is 3.26. The summed E-state index contributed by atoms with van der Waals surface area (Å²) < 4.78 is 40.7. The standard InChI is InChI=1S/C12H13F3/c1-7-5-10(6-11(13)8(7)2)12(14,15)9-3-4-9/h5-6,9H,3-4H2,1-2H3. The van der Waals surface area contributed by atoms with Crippen molar-refractivity contribution in [1.82, 2.24) is 0 Å². The Morgan fingerprint density at radius 3 is 2.27 bits per heavy atom.